The first-order valence-electron chi connectivity index (χ1n) is 11.0. The molecule has 0 unspecified atom stereocenters. The fraction of sp³-hybridized carbons (Fsp3) is 0.385. The van der Waals surface area contributed by atoms with Gasteiger partial charge in [-0.2, -0.15) is 0 Å². The number of benzene rings is 2. The lowest BCUT2D eigenvalue weighted by Gasteiger charge is -2.10. The third kappa shape index (κ3) is 6.06. The SMILES string of the molecule is CCCCCc1ccc(-c2nc(Cl)c(-c3ccc(CCCCC)cc3)c(Cl)n2)cc1. The van der Waals surface area contributed by atoms with Crippen molar-refractivity contribution in [2.24, 2.45) is 0 Å². The Hall–Kier alpha value is -1.90. The zero-order chi connectivity index (χ0) is 21.3. The van der Waals surface area contributed by atoms with E-state index >= 15 is 0 Å². The maximum atomic E-state index is 6.54. The van der Waals surface area contributed by atoms with Crippen LogP contribution in [0.15, 0.2) is 48.5 Å². The number of aromatic nitrogens is 2. The highest BCUT2D eigenvalue weighted by Crippen LogP contribution is 2.34. The lowest BCUT2D eigenvalue weighted by molar-refractivity contribution is 0.717. The Labute approximate surface area is 190 Å². The first-order valence-corrected chi connectivity index (χ1v) is 11.8. The normalized spacial score (nSPS) is 11.1. The van der Waals surface area contributed by atoms with Gasteiger partial charge in [-0.1, -0.05) is 111 Å². The number of halogens is 2. The summed E-state index contributed by atoms with van der Waals surface area (Å²) in [7, 11) is 0. The van der Waals surface area contributed by atoms with Crippen LogP contribution in [0.25, 0.3) is 22.5 Å². The molecule has 0 fully saturated rings. The molecule has 2 nitrogen and oxygen atoms in total. The molecule has 2 aromatic carbocycles. The van der Waals surface area contributed by atoms with Crippen LogP contribution in [0.2, 0.25) is 10.3 Å². The van der Waals surface area contributed by atoms with Gasteiger partial charge in [0.05, 0.1) is 5.56 Å². The molecule has 1 heterocycles. The molecule has 0 spiro atoms. The van der Waals surface area contributed by atoms with Crippen molar-refractivity contribution in [2.45, 2.75) is 65.2 Å². The van der Waals surface area contributed by atoms with Crippen LogP contribution in [0.3, 0.4) is 0 Å². The van der Waals surface area contributed by atoms with Crippen molar-refractivity contribution in [2.75, 3.05) is 0 Å². The summed E-state index contributed by atoms with van der Waals surface area (Å²) in [6, 6.07) is 16.8. The van der Waals surface area contributed by atoms with Crippen LogP contribution in [-0.4, -0.2) is 9.97 Å². The van der Waals surface area contributed by atoms with Crippen molar-refractivity contribution in [1.29, 1.82) is 0 Å². The minimum absolute atomic E-state index is 0.385. The average Bonchev–Trinajstić information content (AvgIpc) is 2.75. The molecule has 158 valence electrons. The van der Waals surface area contributed by atoms with Crippen LogP contribution in [0.1, 0.15) is 63.5 Å². The Kier molecular flexibility index (Phi) is 8.72. The lowest BCUT2D eigenvalue weighted by Crippen LogP contribution is -1.95. The van der Waals surface area contributed by atoms with Gasteiger partial charge in [0.25, 0.3) is 0 Å². The molecular weight excluding hydrogens is 411 g/mol. The van der Waals surface area contributed by atoms with Gasteiger partial charge < -0.3 is 0 Å². The van der Waals surface area contributed by atoms with E-state index in [0.717, 1.165) is 24.0 Å². The second-order valence-electron chi connectivity index (χ2n) is 7.81. The standard InChI is InChI=1S/C26H30Cl2N2/c1-3-5-7-9-19-11-15-21(16-12-19)23-24(27)29-26(30-25(23)28)22-17-13-20(14-18-22)10-8-6-4-2/h11-18H,3-10H2,1-2H3. The predicted molar refractivity (Wildman–Crippen MR) is 129 cm³/mol. The summed E-state index contributed by atoms with van der Waals surface area (Å²) < 4.78 is 0. The van der Waals surface area contributed by atoms with Gasteiger partial charge in [-0.05, 0) is 42.4 Å². The topological polar surface area (TPSA) is 25.8 Å². The summed E-state index contributed by atoms with van der Waals surface area (Å²) in [6.07, 6.45) is 9.61. The lowest BCUT2D eigenvalue weighted by atomic mass is 10.0. The monoisotopic (exact) mass is 440 g/mol. The fourth-order valence-electron chi connectivity index (χ4n) is 3.59. The number of hydrogen-bond acceptors (Lipinski definition) is 2. The number of nitrogens with zero attached hydrogens (tertiary/aromatic N) is 2. The van der Waals surface area contributed by atoms with Gasteiger partial charge in [0.15, 0.2) is 5.82 Å². The third-order valence-corrected chi connectivity index (χ3v) is 5.96. The first kappa shape index (κ1) is 22.8. The van der Waals surface area contributed by atoms with E-state index in [2.05, 4.69) is 60.2 Å². The minimum Gasteiger partial charge on any atom is -0.216 e. The zero-order valence-corrected chi connectivity index (χ0v) is 19.4. The maximum Gasteiger partial charge on any atom is 0.162 e. The van der Waals surface area contributed by atoms with Crippen LogP contribution in [0.4, 0.5) is 0 Å². The highest BCUT2D eigenvalue weighted by Gasteiger charge is 2.15. The summed E-state index contributed by atoms with van der Waals surface area (Å²) in [5, 5.41) is 0.770. The van der Waals surface area contributed by atoms with Gasteiger partial charge in [-0.15, -0.1) is 0 Å². The van der Waals surface area contributed by atoms with E-state index in [1.54, 1.807) is 0 Å². The minimum atomic E-state index is 0.385. The van der Waals surface area contributed by atoms with Gasteiger partial charge >= 0.3 is 0 Å². The van der Waals surface area contributed by atoms with Crippen LogP contribution in [-0.2, 0) is 12.8 Å². The van der Waals surface area contributed by atoms with Gasteiger partial charge in [-0.25, -0.2) is 9.97 Å². The molecule has 0 radical (unpaired) electrons. The molecule has 0 saturated carbocycles. The molecule has 0 atom stereocenters. The van der Waals surface area contributed by atoms with Crippen LogP contribution in [0, 0.1) is 0 Å². The predicted octanol–water partition coefficient (Wildman–Crippen LogP) is 8.58. The molecule has 1 aromatic heterocycles. The van der Waals surface area contributed by atoms with Crippen molar-refractivity contribution in [3.05, 3.63) is 70.0 Å². The molecule has 0 bridgehead atoms. The van der Waals surface area contributed by atoms with E-state index < -0.39 is 0 Å². The largest absolute Gasteiger partial charge is 0.216 e. The molecule has 3 aromatic rings. The molecule has 0 saturated heterocycles. The molecular formula is C26H30Cl2N2. The van der Waals surface area contributed by atoms with Crippen LogP contribution in [0.5, 0.6) is 0 Å². The Morgan fingerprint density at radius 1 is 0.600 bits per heavy atom. The quantitative estimate of drug-likeness (QED) is 0.233. The van der Waals surface area contributed by atoms with Crippen molar-refractivity contribution in [3.8, 4) is 22.5 Å². The Morgan fingerprint density at radius 2 is 1.03 bits per heavy atom. The highest BCUT2D eigenvalue weighted by atomic mass is 35.5. The van der Waals surface area contributed by atoms with Gasteiger partial charge in [0.1, 0.15) is 10.3 Å². The number of rotatable bonds is 10. The smallest absolute Gasteiger partial charge is 0.162 e. The molecule has 4 heteroatoms. The van der Waals surface area contributed by atoms with E-state index in [4.69, 9.17) is 23.2 Å². The third-order valence-electron chi connectivity index (χ3n) is 5.41. The summed E-state index contributed by atoms with van der Waals surface area (Å²) in [6.45, 7) is 4.44. The summed E-state index contributed by atoms with van der Waals surface area (Å²) >= 11 is 13.1. The zero-order valence-electron chi connectivity index (χ0n) is 17.9. The molecule has 0 N–H and O–H groups in total. The average molecular weight is 441 g/mol. The molecule has 0 aliphatic rings. The van der Waals surface area contributed by atoms with E-state index in [9.17, 15) is 0 Å². The van der Waals surface area contributed by atoms with E-state index in [1.165, 1.54) is 49.7 Å². The van der Waals surface area contributed by atoms with Crippen molar-refractivity contribution in [1.82, 2.24) is 9.97 Å². The summed E-state index contributed by atoms with van der Waals surface area (Å²) in [4.78, 5) is 9.08. The van der Waals surface area contributed by atoms with Crippen LogP contribution < -0.4 is 0 Å². The Morgan fingerprint density at radius 3 is 1.47 bits per heavy atom. The molecule has 0 aliphatic carbocycles. The van der Waals surface area contributed by atoms with Crippen LogP contribution >= 0.6 is 23.2 Å². The highest BCUT2D eigenvalue weighted by molar-refractivity contribution is 6.37. The number of aryl methyl sites for hydroxylation is 2. The summed E-state index contributed by atoms with van der Waals surface area (Å²) in [5.41, 5.74) is 5.23. The molecule has 3 rings (SSSR count). The molecule has 30 heavy (non-hydrogen) atoms. The van der Waals surface area contributed by atoms with Gasteiger partial charge in [-0.3, -0.25) is 0 Å². The number of unbranched alkanes of at least 4 members (excludes halogenated alkanes) is 4. The second kappa shape index (κ2) is 11.5. The van der Waals surface area contributed by atoms with Crippen molar-refractivity contribution < 1.29 is 0 Å². The second-order valence-corrected chi connectivity index (χ2v) is 8.53. The Bertz CT molecular complexity index is 911. The molecule has 0 aliphatic heterocycles. The van der Waals surface area contributed by atoms with Crippen molar-refractivity contribution in [3.63, 3.8) is 0 Å². The van der Waals surface area contributed by atoms with Crippen molar-refractivity contribution >= 4 is 23.2 Å². The van der Waals surface area contributed by atoms with E-state index in [-0.39, 0.29) is 0 Å². The van der Waals surface area contributed by atoms with Gasteiger partial charge in [0.2, 0.25) is 0 Å². The fourth-order valence-corrected chi connectivity index (χ4v) is 4.20. The summed E-state index contributed by atoms with van der Waals surface area (Å²) in [5.74, 6) is 0.560. The first-order chi connectivity index (χ1) is 14.6. The van der Waals surface area contributed by atoms with E-state index in [1.807, 2.05) is 12.1 Å². The molecule has 0 amide bonds. The maximum absolute atomic E-state index is 6.54. The number of hydrogen-bond donors (Lipinski definition) is 0. The Balaban J connectivity index is 1.77. The van der Waals surface area contributed by atoms with E-state index in [0.29, 0.717) is 21.7 Å². The van der Waals surface area contributed by atoms with Gasteiger partial charge in [0, 0.05) is 5.56 Å².